The Hall–Kier alpha value is -3.15. The van der Waals surface area contributed by atoms with Crippen LogP contribution in [0.15, 0.2) is 48.5 Å². The van der Waals surface area contributed by atoms with Crippen LogP contribution in [0.5, 0.6) is 0 Å². The molecule has 1 aliphatic rings. The first-order valence-electron chi connectivity index (χ1n) is 9.62. The van der Waals surface area contributed by atoms with Gasteiger partial charge in [0.25, 0.3) is 5.91 Å². The van der Waals surface area contributed by atoms with E-state index in [2.05, 4.69) is 16.0 Å². The van der Waals surface area contributed by atoms with E-state index in [0.717, 1.165) is 31.2 Å². The highest BCUT2D eigenvalue weighted by Crippen LogP contribution is 2.24. The van der Waals surface area contributed by atoms with Gasteiger partial charge in [-0.2, -0.15) is 0 Å². The highest BCUT2D eigenvalue weighted by Gasteiger charge is 2.21. The zero-order valence-electron chi connectivity index (χ0n) is 16.0. The molecule has 28 heavy (non-hydrogen) atoms. The van der Waals surface area contributed by atoms with Gasteiger partial charge in [-0.15, -0.1) is 0 Å². The number of nitrogens with one attached hydrogen (secondary N) is 3. The normalized spacial score (nSPS) is 14.2. The van der Waals surface area contributed by atoms with Gasteiger partial charge in [0.15, 0.2) is 0 Å². The molecule has 3 rings (SSSR count). The topological polar surface area (TPSA) is 87.3 Å². The third-order valence-corrected chi connectivity index (χ3v) is 4.85. The van der Waals surface area contributed by atoms with E-state index in [-0.39, 0.29) is 11.9 Å². The highest BCUT2D eigenvalue weighted by molar-refractivity contribution is 6.40. The highest BCUT2D eigenvalue weighted by atomic mass is 16.2. The Kier molecular flexibility index (Phi) is 6.42. The molecule has 0 unspecified atom stereocenters. The molecule has 0 saturated heterocycles. The zero-order chi connectivity index (χ0) is 19.9. The summed E-state index contributed by atoms with van der Waals surface area (Å²) in [7, 11) is 0. The van der Waals surface area contributed by atoms with Gasteiger partial charge in [0, 0.05) is 11.6 Å². The minimum absolute atomic E-state index is 0.0572. The van der Waals surface area contributed by atoms with Crippen LogP contribution in [-0.4, -0.2) is 23.8 Å². The van der Waals surface area contributed by atoms with Crippen molar-refractivity contribution in [1.82, 2.24) is 5.32 Å². The third-order valence-electron chi connectivity index (χ3n) is 4.85. The van der Waals surface area contributed by atoms with E-state index in [1.54, 1.807) is 36.4 Å². The molecule has 2 aromatic rings. The monoisotopic (exact) mass is 379 g/mol. The fourth-order valence-corrected chi connectivity index (χ4v) is 3.33. The number of amides is 3. The Morgan fingerprint density at radius 1 is 0.821 bits per heavy atom. The predicted octanol–water partition coefficient (Wildman–Crippen LogP) is 3.63. The SMILES string of the molecule is Cc1ccc(NC(=O)c2ccccc2)c(NC(=O)C(=O)NC2CCCCC2)c1. The lowest BCUT2D eigenvalue weighted by atomic mass is 9.95. The van der Waals surface area contributed by atoms with Gasteiger partial charge in [-0.3, -0.25) is 14.4 Å². The summed E-state index contributed by atoms with van der Waals surface area (Å²) < 4.78 is 0. The number of anilines is 2. The molecule has 1 aliphatic carbocycles. The molecule has 0 radical (unpaired) electrons. The van der Waals surface area contributed by atoms with Crippen molar-refractivity contribution in [2.24, 2.45) is 0 Å². The Labute approximate surface area is 164 Å². The van der Waals surface area contributed by atoms with Crippen molar-refractivity contribution in [1.29, 1.82) is 0 Å². The summed E-state index contributed by atoms with van der Waals surface area (Å²) in [6, 6.07) is 14.1. The zero-order valence-corrected chi connectivity index (χ0v) is 16.0. The second-order valence-electron chi connectivity index (χ2n) is 7.13. The maximum absolute atomic E-state index is 12.4. The van der Waals surface area contributed by atoms with Crippen molar-refractivity contribution in [2.75, 3.05) is 10.6 Å². The fourth-order valence-electron chi connectivity index (χ4n) is 3.33. The van der Waals surface area contributed by atoms with E-state index in [4.69, 9.17) is 0 Å². The Bertz CT molecular complexity index is 859. The van der Waals surface area contributed by atoms with Crippen LogP contribution in [0.4, 0.5) is 11.4 Å². The predicted molar refractivity (Wildman–Crippen MR) is 109 cm³/mol. The Morgan fingerprint density at radius 3 is 2.25 bits per heavy atom. The molecule has 0 bridgehead atoms. The van der Waals surface area contributed by atoms with Crippen molar-refractivity contribution in [3.8, 4) is 0 Å². The summed E-state index contributed by atoms with van der Waals surface area (Å²) in [4.78, 5) is 37.0. The number of carbonyl (C=O) groups is 3. The van der Waals surface area contributed by atoms with Crippen LogP contribution >= 0.6 is 0 Å². The van der Waals surface area contributed by atoms with Crippen LogP contribution in [0, 0.1) is 6.92 Å². The molecular weight excluding hydrogens is 354 g/mol. The van der Waals surface area contributed by atoms with Gasteiger partial charge in [-0.1, -0.05) is 43.5 Å². The Balaban J connectivity index is 1.68. The van der Waals surface area contributed by atoms with Gasteiger partial charge in [0.2, 0.25) is 0 Å². The van der Waals surface area contributed by atoms with Crippen molar-refractivity contribution in [3.63, 3.8) is 0 Å². The minimum Gasteiger partial charge on any atom is -0.345 e. The summed E-state index contributed by atoms with van der Waals surface area (Å²) in [6.45, 7) is 1.88. The first-order chi connectivity index (χ1) is 13.5. The molecular formula is C22H25N3O3. The van der Waals surface area contributed by atoms with Crippen LogP contribution in [0.2, 0.25) is 0 Å². The van der Waals surface area contributed by atoms with Gasteiger partial charge in [0.05, 0.1) is 11.4 Å². The van der Waals surface area contributed by atoms with Gasteiger partial charge in [-0.25, -0.2) is 0 Å². The first kappa shape index (κ1) is 19.6. The van der Waals surface area contributed by atoms with E-state index < -0.39 is 11.8 Å². The van der Waals surface area contributed by atoms with E-state index in [9.17, 15) is 14.4 Å². The number of carbonyl (C=O) groups excluding carboxylic acids is 3. The number of aryl methyl sites for hydroxylation is 1. The van der Waals surface area contributed by atoms with Crippen LogP contribution in [0.3, 0.4) is 0 Å². The molecule has 3 N–H and O–H groups in total. The number of benzene rings is 2. The lowest BCUT2D eigenvalue weighted by Crippen LogP contribution is -2.42. The fraction of sp³-hybridized carbons (Fsp3) is 0.318. The van der Waals surface area contributed by atoms with Crippen LogP contribution in [0.25, 0.3) is 0 Å². The van der Waals surface area contributed by atoms with Crippen LogP contribution in [0.1, 0.15) is 48.0 Å². The van der Waals surface area contributed by atoms with Gasteiger partial charge >= 0.3 is 11.8 Å². The second kappa shape index (κ2) is 9.17. The largest absolute Gasteiger partial charge is 0.345 e. The Morgan fingerprint density at radius 2 is 1.54 bits per heavy atom. The summed E-state index contributed by atoms with van der Waals surface area (Å²) in [5.74, 6) is -1.66. The van der Waals surface area contributed by atoms with E-state index in [1.807, 2.05) is 19.1 Å². The molecule has 0 atom stereocenters. The van der Waals surface area contributed by atoms with Crippen molar-refractivity contribution in [3.05, 3.63) is 59.7 Å². The lowest BCUT2D eigenvalue weighted by molar-refractivity contribution is -0.136. The summed E-state index contributed by atoms with van der Waals surface area (Å²) in [5, 5.41) is 8.23. The quantitative estimate of drug-likeness (QED) is 0.709. The molecule has 6 nitrogen and oxygen atoms in total. The molecule has 1 saturated carbocycles. The second-order valence-corrected chi connectivity index (χ2v) is 7.13. The average molecular weight is 379 g/mol. The molecule has 2 aromatic carbocycles. The summed E-state index contributed by atoms with van der Waals surface area (Å²) in [5.41, 5.74) is 2.25. The van der Waals surface area contributed by atoms with E-state index in [1.165, 1.54) is 6.42 Å². The molecule has 6 heteroatoms. The molecule has 0 aliphatic heterocycles. The number of hydrogen-bond donors (Lipinski definition) is 3. The molecule has 1 fully saturated rings. The van der Waals surface area contributed by atoms with Gasteiger partial charge < -0.3 is 16.0 Å². The van der Waals surface area contributed by atoms with Gasteiger partial charge in [0.1, 0.15) is 0 Å². The number of hydrogen-bond acceptors (Lipinski definition) is 3. The summed E-state index contributed by atoms with van der Waals surface area (Å²) >= 11 is 0. The smallest absolute Gasteiger partial charge is 0.313 e. The average Bonchev–Trinajstić information content (AvgIpc) is 2.71. The third kappa shape index (κ3) is 5.19. The molecule has 0 spiro atoms. The molecule has 146 valence electrons. The lowest BCUT2D eigenvalue weighted by Gasteiger charge is -2.22. The van der Waals surface area contributed by atoms with Crippen molar-refractivity contribution >= 4 is 29.1 Å². The summed E-state index contributed by atoms with van der Waals surface area (Å²) in [6.07, 6.45) is 5.12. The molecule has 0 heterocycles. The van der Waals surface area contributed by atoms with Crippen molar-refractivity contribution < 1.29 is 14.4 Å². The van der Waals surface area contributed by atoms with Gasteiger partial charge in [-0.05, 0) is 49.6 Å². The standard InChI is InChI=1S/C22H25N3O3/c1-15-12-13-18(24-20(26)16-8-4-2-5-9-16)19(14-15)25-22(28)21(27)23-17-10-6-3-7-11-17/h2,4-5,8-9,12-14,17H,3,6-7,10-11H2,1H3,(H,23,27)(H,24,26)(H,25,28). The first-order valence-corrected chi connectivity index (χ1v) is 9.62. The van der Waals surface area contributed by atoms with Crippen molar-refractivity contribution in [2.45, 2.75) is 45.1 Å². The van der Waals surface area contributed by atoms with Crippen LogP contribution < -0.4 is 16.0 Å². The van der Waals surface area contributed by atoms with E-state index in [0.29, 0.717) is 16.9 Å². The number of rotatable bonds is 4. The minimum atomic E-state index is -0.730. The van der Waals surface area contributed by atoms with E-state index >= 15 is 0 Å². The van der Waals surface area contributed by atoms with Crippen LogP contribution in [-0.2, 0) is 9.59 Å². The maximum Gasteiger partial charge on any atom is 0.313 e. The molecule has 0 aromatic heterocycles. The maximum atomic E-state index is 12.4. The molecule has 3 amide bonds.